The number of benzene rings is 1. The summed E-state index contributed by atoms with van der Waals surface area (Å²) in [6.45, 7) is 5.34. The van der Waals surface area contributed by atoms with Gasteiger partial charge in [-0.3, -0.25) is 0 Å². The van der Waals surface area contributed by atoms with Gasteiger partial charge in [0.15, 0.2) is 6.29 Å². The van der Waals surface area contributed by atoms with E-state index in [1.165, 1.54) is 0 Å². The van der Waals surface area contributed by atoms with E-state index in [1.807, 2.05) is 26.0 Å². The molecule has 0 bridgehead atoms. The van der Waals surface area contributed by atoms with Crippen LogP contribution in [-0.4, -0.2) is 33.2 Å². The van der Waals surface area contributed by atoms with E-state index in [4.69, 9.17) is 14.2 Å². The second-order valence-electron chi connectivity index (χ2n) is 4.33. The van der Waals surface area contributed by atoms with Gasteiger partial charge in [-0.05, 0) is 63.4 Å². The van der Waals surface area contributed by atoms with Crippen LogP contribution in [0.5, 0.6) is 5.75 Å². The molecule has 0 amide bonds. The number of halogens is 2. The van der Waals surface area contributed by atoms with Crippen LogP contribution in [0.3, 0.4) is 0 Å². The molecule has 1 aromatic rings. The number of methoxy groups -OCH3 is 2. The van der Waals surface area contributed by atoms with Crippen molar-refractivity contribution in [3.63, 3.8) is 0 Å². The van der Waals surface area contributed by atoms with Crippen molar-refractivity contribution in [2.45, 2.75) is 32.7 Å². The Morgan fingerprint density at radius 1 is 1.15 bits per heavy atom. The SMILES string of the molecule is CCOc1c(Br)cc(CNC(C)C(OC)OC)cc1Br. The second kappa shape index (κ2) is 9.00. The molecule has 0 aromatic heterocycles. The molecule has 0 spiro atoms. The maximum absolute atomic E-state index is 5.57. The first kappa shape index (κ1) is 17.9. The monoisotopic (exact) mass is 409 g/mol. The van der Waals surface area contributed by atoms with Gasteiger partial charge in [0.1, 0.15) is 5.75 Å². The molecule has 1 rings (SSSR count). The van der Waals surface area contributed by atoms with Crippen molar-refractivity contribution in [3.05, 3.63) is 26.6 Å². The Balaban J connectivity index is 2.70. The molecule has 0 fully saturated rings. The summed E-state index contributed by atoms with van der Waals surface area (Å²) in [6, 6.07) is 4.18. The van der Waals surface area contributed by atoms with Gasteiger partial charge in [0, 0.05) is 20.8 Å². The second-order valence-corrected chi connectivity index (χ2v) is 6.04. The summed E-state index contributed by atoms with van der Waals surface area (Å²) in [5.74, 6) is 0.830. The van der Waals surface area contributed by atoms with Gasteiger partial charge in [-0.25, -0.2) is 0 Å². The molecule has 1 N–H and O–H groups in total. The van der Waals surface area contributed by atoms with Gasteiger partial charge >= 0.3 is 0 Å². The number of rotatable bonds is 8. The summed E-state index contributed by atoms with van der Waals surface area (Å²) in [5.41, 5.74) is 1.14. The lowest BCUT2D eigenvalue weighted by atomic mass is 10.2. The molecule has 0 heterocycles. The molecule has 0 saturated heterocycles. The Hall–Kier alpha value is -0.140. The van der Waals surface area contributed by atoms with Gasteiger partial charge in [-0.2, -0.15) is 0 Å². The van der Waals surface area contributed by atoms with E-state index >= 15 is 0 Å². The number of ether oxygens (including phenoxy) is 3. The highest BCUT2D eigenvalue weighted by Gasteiger charge is 2.15. The van der Waals surface area contributed by atoms with E-state index in [2.05, 4.69) is 37.2 Å². The van der Waals surface area contributed by atoms with E-state index in [-0.39, 0.29) is 12.3 Å². The predicted molar refractivity (Wildman–Crippen MR) is 87.1 cm³/mol. The summed E-state index contributed by atoms with van der Waals surface area (Å²) in [4.78, 5) is 0. The van der Waals surface area contributed by atoms with Crippen molar-refractivity contribution in [2.24, 2.45) is 0 Å². The molecule has 114 valence electrons. The fraction of sp³-hybridized carbons (Fsp3) is 0.571. The quantitative estimate of drug-likeness (QED) is 0.663. The zero-order valence-corrected chi connectivity index (χ0v) is 15.4. The van der Waals surface area contributed by atoms with Crippen LogP contribution < -0.4 is 10.1 Å². The topological polar surface area (TPSA) is 39.7 Å². The van der Waals surface area contributed by atoms with Crippen molar-refractivity contribution in [3.8, 4) is 5.75 Å². The van der Waals surface area contributed by atoms with Crippen LogP contribution in [0, 0.1) is 0 Å². The molecule has 0 radical (unpaired) electrons. The van der Waals surface area contributed by atoms with E-state index in [1.54, 1.807) is 14.2 Å². The molecule has 6 heteroatoms. The first-order valence-electron chi connectivity index (χ1n) is 6.43. The van der Waals surface area contributed by atoms with Crippen molar-refractivity contribution < 1.29 is 14.2 Å². The average molecular weight is 411 g/mol. The van der Waals surface area contributed by atoms with Crippen molar-refractivity contribution >= 4 is 31.9 Å². The van der Waals surface area contributed by atoms with Crippen molar-refractivity contribution in [1.29, 1.82) is 0 Å². The van der Waals surface area contributed by atoms with E-state index in [0.29, 0.717) is 13.2 Å². The molecule has 0 aliphatic rings. The molecule has 4 nitrogen and oxygen atoms in total. The van der Waals surface area contributed by atoms with Crippen LogP contribution in [-0.2, 0) is 16.0 Å². The van der Waals surface area contributed by atoms with Gasteiger partial charge in [0.05, 0.1) is 21.6 Å². The average Bonchev–Trinajstić information content (AvgIpc) is 2.42. The standard InChI is InChI=1S/C14H21Br2NO3/c1-5-20-13-11(15)6-10(7-12(13)16)8-17-9(2)14(18-3)19-4/h6-7,9,14,17H,5,8H2,1-4H3. The smallest absolute Gasteiger partial charge is 0.171 e. The molecule has 1 aromatic carbocycles. The van der Waals surface area contributed by atoms with E-state index < -0.39 is 0 Å². The van der Waals surface area contributed by atoms with Gasteiger partial charge < -0.3 is 19.5 Å². The minimum absolute atomic E-state index is 0.0918. The largest absolute Gasteiger partial charge is 0.492 e. The highest BCUT2D eigenvalue weighted by Crippen LogP contribution is 2.34. The zero-order valence-electron chi connectivity index (χ0n) is 12.2. The van der Waals surface area contributed by atoms with Crippen LogP contribution in [0.4, 0.5) is 0 Å². The summed E-state index contributed by atoms with van der Waals surface area (Å²) in [7, 11) is 3.27. The van der Waals surface area contributed by atoms with Crippen LogP contribution in [0.25, 0.3) is 0 Å². The summed E-state index contributed by atoms with van der Waals surface area (Å²) in [5, 5.41) is 3.37. The molecule has 0 saturated carbocycles. The third-order valence-electron chi connectivity index (χ3n) is 2.85. The molecule has 0 aliphatic carbocycles. The predicted octanol–water partition coefficient (Wildman–Crippen LogP) is 3.71. The Kier molecular flexibility index (Phi) is 8.06. The van der Waals surface area contributed by atoms with Crippen molar-refractivity contribution in [1.82, 2.24) is 5.32 Å². The zero-order chi connectivity index (χ0) is 15.1. The van der Waals surface area contributed by atoms with E-state index in [0.717, 1.165) is 20.3 Å². The van der Waals surface area contributed by atoms with Crippen LogP contribution in [0.1, 0.15) is 19.4 Å². The van der Waals surface area contributed by atoms with Gasteiger partial charge in [-0.15, -0.1) is 0 Å². The molecule has 1 atom stereocenters. The molecule has 20 heavy (non-hydrogen) atoms. The Morgan fingerprint density at radius 2 is 1.70 bits per heavy atom. The first-order chi connectivity index (χ1) is 9.53. The molecular weight excluding hydrogens is 390 g/mol. The number of nitrogens with one attached hydrogen (secondary N) is 1. The Morgan fingerprint density at radius 3 is 2.15 bits per heavy atom. The lowest BCUT2D eigenvalue weighted by Crippen LogP contribution is -2.39. The highest BCUT2D eigenvalue weighted by atomic mass is 79.9. The number of hydrogen-bond donors (Lipinski definition) is 1. The normalized spacial score (nSPS) is 12.8. The summed E-state index contributed by atoms with van der Waals surface area (Å²) >= 11 is 7.06. The third kappa shape index (κ3) is 5.00. The Bertz CT molecular complexity index is 402. The minimum atomic E-state index is -0.260. The van der Waals surface area contributed by atoms with Crippen LogP contribution >= 0.6 is 31.9 Å². The Labute approximate surface area is 137 Å². The lowest BCUT2D eigenvalue weighted by molar-refractivity contribution is -0.119. The maximum Gasteiger partial charge on any atom is 0.171 e. The molecule has 1 unspecified atom stereocenters. The lowest BCUT2D eigenvalue weighted by Gasteiger charge is -2.22. The number of hydrogen-bond acceptors (Lipinski definition) is 4. The van der Waals surface area contributed by atoms with Crippen LogP contribution in [0.2, 0.25) is 0 Å². The van der Waals surface area contributed by atoms with Gasteiger partial charge in [-0.1, -0.05) is 0 Å². The molecular formula is C14H21Br2NO3. The van der Waals surface area contributed by atoms with Crippen LogP contribution in [0.15, 0.2) is 21.1 Å². The summed E-state index contributed by atoms with van der Waals surface area (Å²) in [6.07, 6.45) is -0.260. The van der Waals surface area contributed by atoms with Crippen molar-refractivity contribution in [2.75, 3.05) is 20.8 Å². The van der Waals surface area contributed by atoms with Gasteiger partial charge in [0.25, 0.3) is 0 Å². The third-order valence-corrected chi connectivity index (χ3v) is 4.03. The van der Waals surface area contributed by atoms with Gasteiger partial charge in [0.2, 0.25) is 0 Å². The molecule has 0 aliphatic heterocycles. The minimum Gasteiger partial charge on any atom is -0.492 e. The fourth-order valence-corrected chi connectivity index (χ4v) is 3.39. The maximum atomic E-state index is 5.57. The summed E-state index contributed by atoms with van der Waals surface area (Å²) < 4.78 is 17.9. The fourth-order valence-electron chi connectivity index (χ4n) is 1.88. The van der Waals surface area contributed by atoms with E-state index in [9.17, 15) is 0 Å². The highest BCUT2D eigenvalue weighted by molar-refractivity contribution is 9.11. The first-order valence-corrected chi connectivity index (χ1v) is 8.01.